The Kier molecular flexibility index (Phi) is 6.67. The van der Waals surface area contributed by atoms with Gasteiger partial charge in [-0.3, -0.25) is 9.69 Å². The number of rotatable bonds is 8. The lowest BCUT2D eigenvalue weighted by Crippen LogP contribution is -2.55. The number of hydrogen-bond acceptors (Lipinski definition) is 4. The van der Waals surface area contributed by atoms with Gasteiger partial charge in [-0.25, -0.2) is 9.18 Å². The summed E-state index contributed by atoms with van der Waals surface area (Å²) in [6, 6.07) is 2.01. The summed E-state index contributed by atoms with van der Waals surface area (Å²) in [7, 11) is 0. The molecule has 0 radical (unpaired) electrons. The number of alkyl halides is 2. The lowest BCUT2D eigenvalue weighted by atomic mass is 9.85. The Balaban J connectivity index is 1.87. The largest absolute Gasteiger partial charge is 0.480 e. The summed E-state index contributed by atoms with van der Waals surface area (Å²) in [4.78, 5) is 24.6. The van der Waals surface area contributed by atoms with Gasteiger partial charge in [0.1, 0.15) is 11.6 Å². The minimum absolute atomic E-state index is 0.0493. The van der Waals surface area contributed by atoms with E-state index in [4.69, 9.17) is 5.11 Å². The minimum atomic E-state index is -3.11. The van der Waals surface area contributed by atoms with Crippen LogP contribution in [0.3, 0.4) is 0 Å². The summed E-state index contributed by atoms with van der Waals surface area (Å²) in [5.41, 5.74) is -0.209. The molecule has 0 saturated heterocycles. The van der Waals surface area contributed by atoms with E-state index in [1.807, 2.05) is 6.92 Å². The summed E-state index contributed by atoms with van der Waals surface area (Å²) < 4.78 is 42.3. The Hall–Kier alpha value is -2.49. The molecule has 7 nitrogen and oxygen atoms in total. The predicted octanol–water partition coefficient (Wildman–Crippen LogP) is 2.49. The van der Waals surface area contributed by atoms with Crippen molar-refractivity contribution in [1.29, 1.82) is 0 Å². The molecule has 0 bridgehead atoms. The van der Waals surface area contributed by atoms with Gasteiger partial charge in [-0.05, 0) is 31.5 Å². The summed E-state index contributed by atoms with van der Waals surface area (Å²) in [6.45, 7) is -0.749. The highest BCUT2D eigenvalue weighted by molar-refractivity contribution is 5.91. The predicted molar refractivity (Wildman–Crippen MR) is 86.9 cm³/mol. The zero-order valence-corrected chi connectivity index (χ0v) is 14.0. The zero-order valence-electron chi connectivity index (χ0n) is 14.0. The molecule has 1 aliphatic rings. The number of amides is 2. The van der Waals surface area contributed by atoms with Gasteiger partial charge >= 0.3 is 18.6 Å². The molecular weight excluding hydrogens is 355 g/mol. The monoisotopic (exact) mass is 375 g/mol. The zero-order chi connectivity index (χ0) is 19.3. The van der Waals surface area contributed by atoms with Crippen molar-refractivity contribution in [2.75, 3.05) is 18.4 Å². The highest BCUT2D eigenvalue weighted by atomic mass is 19.3. The van der Waals surface area contributed by atoms with Crippen LogP contribution in [0.1, 0.15) is 19.8 Å². The maximum absolute atomic E-state index is 13.3. The number of aliphatic carboxylic acids is 1. The molecule has 0 heterocycles. The van der Waals surface area contributed by atoms with Gasteiger partial charge in [-0.2, -0.15) is 8.78 Å². The fraction of sp³-hybridized carbons (Fsp3) is 0.500. The van der Waals surface area contributed by atoms with E-state index in [1.54, 1.807) is 4.90 Å². The van der Waals surface area contributed by atoms with Crippen LogP contribution < -0.4 is 15.4 Å². The summed E-state index contributed by atoms with van der Waals surface area (Å²) in [5.74, 6) is -1.97. The average Bonchev–Trinajstić information content (AvgIpc) is 2.50. The molecule has 1 aromatic carbocycles. The van der Waals surface area contributed by atoms with Crippen LogP contribution in [0.25, 0.3) is 0 Å². The third-order valence-electron chi connectivity index (χ3n) is 4.12. The van der Waals surface area contributed by atoms with Gasteiger partial charge in [0.2, 0.25) is 0 Å². The molecule has 10 heteroatoms. The van der Waals surface area contributed by atoms with Crippen molar-refractivity contribution < 1.29 is 32.6 Å². The third kappa shape index (κ3) is 5.51. The van der Waals surface area contributed by atoms with Gasteiger partial charge in [0, 0.05) is 18.2 Å². The van der Waals surface area contributed by atoms with Crippen molar-refractivity contribution in [3.8, 4) is 5.75 Å². The van der Waals surface area contributed by atoms with Crippen LogP contribution in [0.15, 0.2) is 18.2 Å². The van der Waals surface area contributed by atoms with Crippen molar-refractivity contribution >= 4 is 17.7 Å². The van der Waals surface area contributed by atoms with E-state index in [9.17, 15) is 22.8 Å². The number of nitrogens with zero attached hydrogens (tertiary/aromatic N) is 1. The van der Waals surface area contributed by atoms with Crippen LogP contribution in [0.4, 0.5) is 23.7 Å². The van der Waals surface area contributed by atoms with Gasteiger partial charge in [0.15, 0.2) is 0 Å². The molecule has 0 atom stereocenters. The Labute approximate surface area is 148 Å². The first-order chi connectivity index (χ1) is 12.3. The van der Waals surface area contributed by atoms with E-state index in [-0.39, 0.29) is 30.1 Å². The fourth-order valence-electron chi connectivity index (χ4n) is 2.82. The number of likely N-dealkylation sites (N-methyl/N-ethyl adjacent to an activating group) is 1. The fourth-order valence-corrected chi connectivity index (χ4v) is 2.82. The number of carbonyl (C=O) groups excluding carboxylic acids is 1. The number of hydrogen-bond donors (Lipinski definition) is 3. The van der Waals surface area contributed by atoms with Crippen LogP contribution in [-0.4, -0.2) is 53.8 Å². The van der Waals surface area contributed by atoms with Crippen molar-refractivity contribution in [1.82, 2.24) is 10.2 Å². The van der Waals surface area contributed by atoms with Gasteiger partial charge in [-0.1, -0.05) is 6.92 Å². The first-order valence-corrected chi connectivity index (χ1v) is 8.06. The number of nitrogens with one attached hydrogen (secondary N) is 2. The molecule has 1 fully saturated rings. The SMILES string of the molecule is CCN(CC(=O)O)C1CC(NC(=O)Nc2cc(F)ccc2OC(F)F)C1. The van der Waals surface area contributed by atoms with Crippen LogP contribution in [-0.2, 0) is 4.79 Å². The molecule has 1 aliphatic carbocycles. The second kappa shape index (κ2) is 8.75. The topological polar surface area (TPSA) is 90.9 Å². The van der Waals surface area contributed by atoms with Crippen LogP contribution in [0, 0.1) is 5.82 Å². The second-order valence-electron chi connectivity index (χ2n) is 5.90. The Morgan fingerprint density at radius 3 is 2.65 bits per heavy atom. The second-order valence-corrected chi connectivity index (χ2v) is 5.90. The number of anilines is 1. The normalized spacial score (nSPS) is 19.2. The van der Waals surface area contributed by atoms with Crippen LogP contribution >= 0.6 is 0 Å². The number of ether oxygens (including phenoxy) is 1. The molecule has 3 N–H and O–H groups in total. The number of benzene rings is 1. The van der Waals surface area contributed by atoms with E-state index < -0.39 is 24.4 Å². The maximum Gasteiger partial charge on any atom is 0.387 e. The van der Waals surface area contributed by atoms with Crippen LogP contribution in [0.2, 0.25) is 0 Å². The first kappa shape index (κ1) is 19.8. The number of carboxylic acid groups (broad SMARTS) is 1. The van der Waals surface area contributed by atoms with Gasteiger partial charge in [0.05, 0.1) is 12.2 Å². The number of halogens is 3. The highest BCUT2D eigenvalue weighted by Crippen LogP contribution is 2.28. The molecule has 0 unspecified atom stereocenters. The lowest BCUT2D eigenvalue weighted by molar-refractivity contribution is -0.139. The molecule has 0 aromatic heterocycles. The first-order valence-electron chi connectivity index (χ1n) is 8.06. The minimum Gasteiger partial charge on any atom is -0.480 e. The molecule has 2 rings (SSSR count). The molecule has 1 saturated carbocycles. The van der Waals surface area contributed by atoms with E-state index in [0.717, 1.165) is 18.2 Å². The van der Waals surface area contributed by atoms with Crippen molar-refractivity contribution in [3.63, 3.8) is 0 Å². The molecule has 144 valence electrons. The quantitative estimate of drug-likeness (QED) is 0.649. The number of carboxylic acids is 1. The summed E-state index contributed by atoms with van der Waals surface area (Å²) in [5, 5.41) is 13.8. The standard InChI is InChI=1S/C16H20F3N3O4/c1-2-22(8-14(23)24)11-6-10(7-11)20-16(25)21-12-5-9(17)3-4-13(12)26-15(18)19/h3-5,10-11,15H,2,6-8H2,1H3,(H,23,24)(H2,20,21,25). The Morgan fingerprint density at radius 2 is 2.08 bits per heavy atom. The van der Waals surface area contributed by atoms with Gasteiger partial charge in [0.25, 0.3) is 0 Å². The van der Waals surface area contributed by atoms with E-state index in [1.165, 1.54) is 0 Å². The van der Waals surface area contributed by atoms with Crippen molar-refractivity contribution in [3.05, 3.63) is 24.0 Å². The van der Waals surface area contributed by atoms with Crippen molar-refractivity contribution in [2.24, 2.45) is 0 Å². The third-order valence-corrected chi connectivity index (χ3v) is 4.12. The lowest BCUT2D eigenvalue weighted by Gasteiger charge is -2.42. The molecule has 1 aromatic rings. The van der Waals surface area contributed by atoms with E-state index in [0.29, 0.717) is 19.4 Å². The molecule has 2 amide bonds. The van der Waals surface area contributed by atoms with Crippen molar-refractivity contribution in [2.45, 2.75) is 38.5 Å². The number of urea groups is 1. The molecule has 0 aliphatic heterocycles. The Bertz CT molecular complexity index is 654. The Morgan fingerprint density at radius 1 is 1.38 bits per heavy atom. The summed E-state index contributed by atoms with van der Waals surface area (Å²) in [6.07, 6.45) is 1.14. The molecule has 26 heavy (non-hydrogen) atoms. The van der Waals surface area contributed by atoms with E-state index >= 15 is 0 Å². The summed E-state index contributed by atoms with van der Waals surface area (Å²) >= 11 is 0. The molecule has 0 spiro atoms. The van der Waals surface area contributed by atoms with Gasteiger partial charge in [-0.15, -0.1) is 0 Å². The van der Waals surface area contributed by atoms with Crippen LogP contribution in [0.5, 0.6) is 5.75 Å². The van der Waals surface area contributed by atoms with E-state index in [2.05, 4.69) is 15.4 Å². The average molecular weight is 375 g/mol. The molecular formula is C16H20F3N3O4. The smallest absolute Gasteiger partial charge is 0.387 e. The maximum atomic E-state index is 13.3. The van der Waals surface area contributed by atoms with Gasteiger partial charge < -0.3 is 20.5 Å². The number of carbonyl (C=O) groups is 2. The highest BCUT2D eigenvalue weighted by Gasteiger charge is 2.34.